The summed E-state index contributed by atoms with van der Waals surface area (Å²) in [6.07, 6.45) is -0.295. The van der Waals surface area contributed by atoms with Crippen molar-refractivity contribution in [2.75, 3.05) is 18.5 Å². The molecule has 0 bridgehead atoms. The molecule has 0 saturated carbocycles. The number of ether oxygens (including phenoxy) is 1. The van der Waals surface area contributed by atoms with Crippen LogP contribution < -0.4 is 10.6 Å². The second kappa shape index (κ2) is 10.7. The number of nitrogens with one attached hydrogen (secondary N) is 2. The highest BCUT2D eigenvalue weighted by atomic mass is 79.9. The second-order valence-corrected chi connectivity index (χ2v) is 9.21. The third kappa shape index (κ3) is 5.38. The largest absolute Gasteiger partial charge is 0.481 e. The third-order valence-corrected chi connectivity index (χ3v) is 6.65. The summed E-state index contributed by atoms with van der Waals surface area (Å²) in [4.78, 5) is 36.7. The number of amides is 2. The van der Waals surface area contributed by atoms with Gasteiger partial charge in [0.2, 0.25) is 0 Å². The van der Waals surface area contributed by atoms with Crippen LogP contribution in [0.1, 0.15) is 40.7 Å². The van der Waals surface area contributed by atoms with Gasteiger partial charge < -0.3 is 15.2 Å². The van der Waals surface area contributed by atoms with E-state index in [1.165, 1.54) is 0 Å². The van der Waals surface area contributed by atoms with Gasteiger partial charge in [-0.15, -0.1) is 0 Å². The van der Waals surface area contributed by atoms with Crippen LogP contribution >= 0.6 is 15.9 Å². The van der Waals surface area contributed by atoms with Crippen molar-refractivity contribution in [3.63, 3.8) is 0 Å². The van der Waals surface area contributed by atoms with E-state index in [0.717, 1.165) is 22.3 Å². The van der Waals surface area contributed by atoms with Crippen LogP contribution in [0, 0.1) is 5.92 Å². The second-order valence-electron chi connectivity index (χ2n) is 8.29. The first-order chi connectivity index (χ1) is 16.9. The molecule has 35 heavy (non-hydrogen) atoms. The molecule has 3 N–H and O–H groups in total. The van der Waals surface area contributed by atoms with E-state index < -0.39 is 23.9 Å². The highest BCUT2D eigenvalue weighted by Crippen LogP contribution is 2.44. The molecular weight excluding hydrogens is 512 g/mol. The number of halogens is 1. The number of fused-ring (bicyclic) bond motifs is 3. The first-order valence-electron chi connectivity index (χ1n) is 11.3. The Kier molecular flexibility index (Phi) is 7.51. The highest BCUT2D eigenvalue weighted by Gasteiger charge is 2.29. The van der Waals surface area contributed by atoms with E-state index in [4.69, 9.17) is 4.74 Å². The van der Waals surface area contributed by atoms with Gasteiger partial charge in [-0.05, 0) is 46.9 Å². The number of rotatable bonds is 8. The number of carboxylic acid groups (broad SMARTS) is 1. The van der Waals surface area contributed by atoms with E-state index in [0.29, 0.717) is 10.9 Å². The van der Waals surface area contributed by atoms with Crippen molar-refractivity contribution in [2.24, 2.45) is 5.92 Å². The maximum absolute atomic E-state index is 12.7. The average Bonchev–Trinajstić information content (AvgIpc) is 3.16. The van der Waals surface area contributed by atoms with E-state index in [2.05, 4.69) is 38.7 Å². The summed E-state index contributed by atoms with van der Waals surface area (Å²) in [5.74, 6) is -2.22. The van der Waals surface area contributed by atoms with E-state index >= 15 is 0 Å². The number of anilines is 1. The van der Waals surface area contributed by atoms with Crippen molar-refractivity contribution in [1.82, 2.24) is 5.32 Å². The number of carboxylic acids is 1. The van der Waals surface area contributed by atoms with Crippen LogP contribution in [0.2, 0.25) is 0 Å². The molecule has 0 aromatic heterocycles. The molecule has 2 amide bonds. The van der Waals surface area contributed by atoms with Gasteiger partial charge in [-0.2, -0.15) is 0 Å². The Labute approximate surface area is 211 Å². The monoisotopic (exact) mass is 536 g/mol. The molecule has 0 saturated heterocycles. The van der Waals surface area contributed by atoms with Crippen LogP contribution in [0.5, 0.6) is 0 Å². The van der Waals surface area contributed by atoms with Crippen molar-refractivity contribution >= 4 is 39.6 Å². The maximum atomic E-state index is 12.7. The first-order valence-corrected chi connectivity index (χ1v) is 12.1. The maximum Gasteiger partial charge on any atom is 0.411 e. The lowest BCUT2D eigenvalue weighted by Gasteiger charge is -2.16. The molecule has 1 atom stereocenters. The number of hydrogen-bond donors (Lipinski definition) is 3. The van der Waals surface area contributed by atoms with Gasteiger partial charge in [-0.3, -0.25) is 14.9 Å². The number of aliphatic carboxylic acids is 1. The Bertz CT molecular complexity index is 1230. The Morgan fingerprint density at radius 3 is 2.23 bits per heavy atom. The normalized spacial score (nSPS) is 12.9. The fourth-order valence-corrected chi connectivity index (χ4v) is 4.64. The zero-order valence-corrected chi connectivity index (χ0v) is 20.7. The van der Waals surface area contributed by atoms with Gasteiger partial charge in [-0.1, -0.05) is 71.4 Å². The van der Waals surface area contributed by atoms with E-state index in [-0.39, 0.29) is 30.3 Å². The fraction of sp³-hybridized carbons (Fsp3) is 0.222. The van der Waals surface area contributed by atoms with E-state index in [9.17, 15) is 19.5 Å². The smallest absolute Gasteiger partial charge is 0.411 e. The van der Waals surface area contributed by atoms with Gasteiger partial charge in [-0.25, -0.2) is 4.79 Å². The molecule has 8 heteroatoms. The SMILES string of the molecule is CCC(CNC(=O)c1ccc(Br)cc1NC(=O)OCC1c2ccccc2-c2ccccc21)C(=O)O. The molecular formula is C27H25BrN2O5. The molecule has 7 nitrogen and oxygen atoms in total. The quantitative estimate of drug-likeness (QED) is 0.345. The van der Waals surface area contributed by atoms with Gasteiger partial charge in [0.15, 0.2) is 0 Å². The molecule has 0 fully saturated rings. The Balaban J connectivity index is 1.45. The van der Waals surface area contributed by atoms with Crippen LogP contribution in [-0.4, -0.2) is 36.2 Å². The summed E-state index contributed by atoms with van der Waals surface area (Å²) in [6.45, 7) is 1.88. The molecule has 4 rings (SSSR count). The van der Waals surface area contributed by atoms with Crippen molar-refractivity contribution in [1.29, 1.82) is 0 Å². The van der Waals surface area contributed by atoms with Crippen LogP contribution in [0.3, 0.4) is 0 Å². The molecule has 0 radical (unpaired) electrons. The minimum absolute atomic E-state index is 0.00881. The van der Waals surface area contributed by atoms with Gasteiger partial charge in [0.05, 0.1) is 17.2 Å². The molecule has 1 unspecified atom stereocenters. The lowest BCUT2D eigenvalue weighted by atomic mass is 9.98. The molecule has 0 aliphatic heterocycles. The van der Waals surface area contributed by atoms with Gasteiger partial charge in [0.1, 0.15) is 6.61 Å². The summed E-state index contributed by atoms with van der Waals surface area (Å²) in [5.41, 5.74) is 4.95. The number of hydrogen-bond acceptors (Lipinski definition) is 4. The van der Waals surface area contributed by atoms with E-state index in [1.807, 2.05) is 36.4 Å². The standard InChI is InChI=1S/C27H25BrN2O5/c1-2-16(26(32)33)14-29-25(31)22-12-11-17(28)13-24(22)30-27(34)35-15-23-20-9-5-3-7-18(20)19-8-4-6-10-21(19)23/h3-13,16,23H,2,14-15H2,1H3,(H,29,31)(H,30,34)(H,32,33). The van der Waals surface area contributed by atoms with Crippen molar-refractivity contribution in [3.8, 4) is 11.1 Å². The Morgan fingerprint density at radius 2 is 1.63 bits per heavy atom. The molecule has 180 valence electrons. The number of benzene rings is 3. The van der Waals surface area contributed by atoms with Crippen molar-refractivity contribution in [2.45, 2.75) is 19.3 Å². The van der Waals surface area contributed by atoms with Gasteiger partial charge >= 0.3 is 12.1 Å². The van der Waals surface area contributed by atoms with Crippen molar-refractivity contribution < 1.29 is 24.2 Å². The van der Waals surface area contributed by atoms with Crippen LogP contribution in [-0.2, 0) is 9.53 Å². The molecule has 3 aromatic carbocycles. The highest BCUT2D eigenvalue weighted by molar-refractivity contribution is 9.10. The molecule has 1 aliphatic rings. The number of carbonyl (C=O) groups is 3. The fourth-order valence-electron chi connectivity index (χ4n) is 4.28. The zero-order valence-electron chi connectivity index (χ0n) is 19.1. The van der Waals surface area contributed by atoms with Crippen LogP contribution in [0.25, 0.3) is 11.1 Å². The third-order valence-electron chi connectivity index (χ3n) is 6.16. The van der Waals surface area contributed by atoms with Gasteiger partial charge in [0, 0.05) is 16.9 Å². The summed E-state index contributed by atoms with van der Waals surface area (Å²) < 4.78 is 6.26. The average molecular weight is 537 g/mol. The van der Waals surface area contributed by atoms with Crippen LogP contribution in [0.15, 0.2) is 71.2 Å². The van der Waals surface area contributed by atoms with Crippen LogP contribution in [0.4, 0.5) is 10.5 Å². The molecule has 3 aromatic rings. The number of carbonyl (C=O) groups excluding carboxylic acids is 2. The molecule has 1 aliphatic carbocycles. The summed E-state index contributed by atoms with van der Waals surface area (Å²) in [7, 11) is 0. The predicted octanol–water partition coefficient (Wildman–Crippen LogP) is 5.65. The zero-order chi connectivity index (χ0) is 24.9. The summed E-state index contributed by atoms with van der Waals surface area (Å²) in [5, 5.41) is 14.5. The minimum Gasteiger partial charge on any atom is -0.481 e. The topological polar surface area (TPSA) is 105 Å². The summed E-state index contributed by atoms with van der Waals surface area (Å²) >= 11 is 3.36. The van der Waals surface area contributed by atoms with Gasteiger partial charge in [0.25, 0.3) is 5.91 Å². The first kappa shape index (κ1) is 24.5. The predicted molar refractivity (Wildman–Crippen MR) is 137 cm³/mol. The minimum atomic E-state index is -0.972. The Morgan fingerprint density at radius 1 is 1.00 bits per heavy atom. The Hall–Kier alpha value is -3.65. The molecule has 0 spiro atoms. The van der Waals surface area contributed by atoms with Crippen molar-refractivity contribution in [3.05, 3.63) is 87.9 Å². The lowest BCUT2D eigenvalue weighted by molar-refractivity contribution is -0.141. The summed E-state index contributed by atoms with van der Waals surface area (Å²) in [6, 6.07) is 21.0. The van der Waals surface area contributed by atoms with E-state index in [1.54, 1.807) is 25.1 Å². The molecule has 0 heterocycles. The lowest BCUT2D eigenvalue weighted by Crippen LogP contribution is -2.33.